The van der Waals surface area contributed by atoms with Gasteiger partial charge in [-0.05, 0) is 36.4 Å². The van der Waals surface area contributed by atoms with Gasteiger partial charge < -0.3 is 10.1 Å². The molecule has 0 fully saturated rings. The molecule has 0 saturated heterocycles. The van der Waals surface area contributed by atoms with E-state index in [2.05, 4.69) is 21.2 Å². The molecule has 1 N–H and O–H groups in total. The lowest BCUT2D eigenvalue weighted by Crippen LogP contribution is -2.11. The lowest BCUT2D eigenvalue weighted by Gasteiger charge is -2.10. The van der Waals surface area contributed by atoms with Gasteiger partial charge in [-0.15, -0.1) is 0 Å². The molecule has 2 aromatic carbocycles. The number of nitriles is 1. The maximum absolute atomic E-state index is 8.76. The second kappa shape index (κ2) is 7.18. The first kappa shape index (κ1) is 14.7. The van der Waals surface area contributed by atoms with Crippen LogP contribution >= 0.6 is 27.5 Å². The number of nitrogens with zero attached hydrogens (tertiary/aromatic N) is 1. The third kappa shape index (κ3) is 4.16. The Bertz CT molecular complexity index is 640. The lowest BCUT2D eigenvalue weighted by molar-refractivity contribution is 0.332. The van der Waals surface area contributed by atoms with Crippen molar-refractivity contribution in [1.29, 1.82) is 5.26 Å². The highest BCUT2D eigenvalue weighted by molar-refractivity contribution is 9.10. The van der Waals surface area contributed by atoms with Crippen molar-refractivity contribution in [3.63, 3.8) is 0 Å². The molecule has 0 aromatic heterocycles. The van der Waals surface area contributed by atoms with Crippen molar-refractivity contribution in [2.24, 2.45) is 0 Å². The van der Waals surface area contributed by atoms with E-state index in [4.69, 9.17) is 21.6 Å². The predicted octanol–water partition coefficient (Wildman–Crippen LogP) is 4.47. The van der Waals surface area contributed by atoms with E-state index >= 15 is 0 Å². The van der Waals surface area contributed by atoms with Gasteiger partial charge in [0.15, 0.2) is 0 Å². The summed E-state index contributed by atoms with van der Waals surface area (Å²) in [5, 5.41) is 12.5. The molecule has 0 unspecified atom stereocenters. The van der Waals surface area contributed by atoms with Gasteiger partial charge in [0, 0.05) is 11.0 Å². The van der Waals surface area contributed by atoms with Crippen LogP contribution in [0.4, 0.5) is 5.69 Å². The minimum absolute atomic E-state index is 0.521. The van der Waals surface area contributed by atoms with Crippen molar-refractivity contribution in [1.82, 2.24) is 0 Å². The van der Waals surface area contributed by atoms with Gasteiger partial charge in [0.25, 0.3) is 0 Å². The normalized spacial score (nSPS) is 9.85. The number of nitrogens with one attached hydrogen (secondary N) is 1. The molecule has 20 heavy (non-hydrogen) atoms. The Morgan fingerprint density at radius 1 is 1.25 bits per heavy atom. The van der Waals surface area contributed by atoms with E-state index in [9.17, 15) is 0 Å². The molecule has 0 aliphatic carbocycles. The topological polar surface area (TPSA) is 45.0 Å². The summed E-state index contributed by atoms with van der Waals surface area (Å²) in [6.07, 6.45) is 0. The number of rotatable bonds is 5. The fourth-order valence-electron chi connectivity index (χ4n) is 1.64. The average molecular weight is 352 g/mol. The molecule has 0 aliphatic heterocycles. The fraction of sp³-hybridized carbons (Fsp3) is 0.133. The van der Waals surface area contributed by atoms with Crippen LogP contribution in [0.5, 0.6) is 5.75 Å². The third-order valence-electron chi connectivity index (χ3n) is 2.58. The van der Waals surface area contributed by atoms with Crippen molar-refractivity contribution in [2.75, 3.05) is 18.5 Å². The van der Waals surface area contributed by atoms with Crippen LogP contribution in [-0.2, 0) is 0 Å². The number of ether oxygens (including phenoxy) is 1. The first-order valence-electron chi connectivity index (χ1n) is 6.01. The summed E-state index contributed by atoms with van der Waals surface area (Å²) in [4.78, 5) is 0. The third-order valence-corrected chi connectivity index (χ3v) is 3.39. The van der Waals surface area contributed by atoms with Crippen LogP contribution in [0.15, 0.2) is 46.9 Å². The summed E-state index contributed by atoms with van der Waals surface area (Å²) < 4.78 is 6.59. The van der Waals surface area contributed by atoms with Crippen LogP contribution < -0.4 is 10.1 Å². The van der Waals surface area contributed by atoms with E-state index < -0.39 is 0 Å². The van der Waals surface area contributed by atoms with Crippen LogP contribution in [0.1, 0.15) is 5.56 Å². The number of halogens is 2. The molecule has 0 atom stereocenters. The van der Waals surface area contributed by atoms with Crippen LogP contribution in [-0.4, -0.2) is 13.2 Å². The van der Waals surface area contributed by atoms with Crippen LogP contribution in [0.25, 0.3) is 0 Å². The zero-order chi connectivity index (χ0) is 14.4. The number of benzene rings is 2. The van der Waals surface area contributed by atoms with E-state index in [1.54, 1.807) is 18.2 Å². The fourth-order valence-corrected chi connectivity index (χ4v) is 2.26. The smallest absolute Gasteiger partial charge is 0.120 e. The van der Waals surface area contributed by atoms with Crippen molar-refractivity contribution < 1.29 is 4.74 Å². The zero-order valence-corrected chi connectivity index (χ0v) is 12.9. The highest BCUT2D eigenvalue weighted by Crippen LogP contribution is 2.22. The highest BCUT2D eigenvalue weighted by atomic mass is 79.9. The molecule has 0 amide bonds. The predicted molar refractivity (Wildman–Crippen MR) is 84.3 cm³/mol. The average Bonchev–Trinajstić information content (AvgIpc) is 2.45. The Morgan fingerprint density at radius 3 is 2.80 bits per heavy atom. The molecule has 2 aromatic rings. The van der Waals surface area contributed by atoms with Crippen molar-refractivity contribution in [3.8, 4) is 11.8 Å². The molecule has 102 valence electrons. The van der Waals surface area contributed by atoms with Gasteiger partial charge in [-0.1, -0.05) is 33.6 Å². The summed E-state index contributed by atoms with van der Waals surface area (Å²) >= 11 is 9.46. The van der Waals surface area contributed by atoms with E-state index in [0.717, 1.165) is 15.9 Å². The second-order valence-electron chi connectivity index (χ2n) is 4.04. The Labute approximate surface area is 131 Å². The van der Waals surface area contributed by atoms with Crippen LogP contribution in [0.3, 0.4) is 0 Å². The summed E-state index contributed by atoms with van der Waals surface area (Å²) in [6.45, 7) is 1.14. The maximum Gasteiger partial charge on any atom is 0.120 e. The zero-order valence-electron chi connectivity index (χ0n) is 10.6. The molecule has 2 rings (SSSR count). The van der Waals surface area contributed by atoms with E-state index in [1.807, 2.05) is 30.3 Å². The first-order valence-corrected chi connectivity index (χ1v) is 7.18. The van der Waals surface area contributed by atoms with Gasteiger partial charge in [0.2, 0.25) is 0 Å². The SMILES string of the molecule is N#Cc1ccc(NCCOc2cccc(Br)c2)c(Cl)c1. The monoisotopic (exact) mass is 350 g/mol. The molecule has 5 heteroatoms. The lowest BCUT2D eigenvalue weighted by atomic mass is 10.2. The highest BCUT2D eigenvalue weighted by Gasteiger charge is 2.01. The molecular formula is C15H12BrClN2O. The molecule has 0 bridgehead atoms. The second-order valence-corrected chi connectivity index (χ2v) is 5.36. The summed E-state index contributed by atoms with van der Waals surface area (Å²) in [7, 11) is 0. The van der Waals surface area contributed by atoms with Gasteiger partial charge in [-0.3, -0.25) is 0 Å². The maximum atomic E-state index is 8.76. The molecule has 0 aliphatic rings. The van der Waals surface area contributed by atoms with Crippen molar-refractivity contribution in [2.45, 2.75) is 0 Å². The van der Waals surface area contributed by atoms with Crippen LogP contribution in [0.2, 0.25) is 5.02 Å². The van der Waals surface area contributed by atoms with E-state index in [1.165, 1.54) is 0 Å². The Kier molecular flexibility index (Phi) is 5.28. The summed E-state index contributed by atoms with van der Waals surface area (Å²) in [5.74, 6) is 0.812. The summed E-state index contributed by atoms with van der Waals surface area (Å²) in [5.41, 5.74) is 1.34. The van der Waals surface area contributed by atoms with Crippen molar-refractivity contribution in [3.05, 3.63) is 57.5 Å². The van der Waals surface area contributed by atoms with E-state index in [0.29, 0.717) is 23.7 Å². The molecule has 0 radical (unpaired) electrons. The van der Waals surface area contributed by atoms with E-state index in [-0.39, 0.29) is 0 Å². The Balaban J connectivity index is 1.83. The Hall–Kier alpha value is -1.70. The summed E-state index contributed by atoms with van der Waals surface area (Å²) in [6, 6.07) is 14.9. The largest absolute Gasteiger partial charge is 0.492 e. The minimum atomic E-state index is 0.521. The first-order chi connectivity index (χ1) is 9.69. The standard InChI is InChI=1S/C15H12BrClN2O/c16-12-2-1-3-13(9-12)20-7-6-19-15-5-4-11(10-18)8-14(15)17/h1-5,8-9,19H,6-7H2. The Morgan fingerprint density at radius 2 is 2.10 bits per heavy atom. The molecular weight excluding hydrogens is 340 g/mol. The van der Waals surface area contributed by atoms with Crippen molar-refractivity contribution >= 4 is 33.2 Å². The van der Waals surface area contributed by atoms with Crippen LogP contribution in [0, 0.1) is 11.3 Å². The van der Waals surface area contributed by atoms with Gasteiger partial charge in [-0.25, -0.2) is 0 Å². The molecule has 3 nitrogen and oxygen atoms in total. The van der Waals surface area contributed by atoms with Gasteiger partial charge in [-0.2, -0.15) is 5.26 Å². The molecule has 0 spiro atoms. The number of hydrogen-bond acceptors (Lipinski definition) is 3. The molecule has 0 heterocycles. The number of hydrogen-bond donors (Lipinski definition) is 1. The minimum Gasteiger partial charge on any atom is -0.492 e. The van der Waals surface area contributed by atoms with Gasteiger partial charge in [0.1, 0.15) is 12.4 Å². The van der Waals surface area contributed by atoms with Gasteiger partial charge in [0.05, 0.1) is 22.3 Å². The molecule has 0 saturated carbocycles. The van der Waals surface area contributed by atoms with Gasteiger partial charge >= 0.3 is 0 Å². The quantitative estimate of drug-likeness (QED) is 0.809. The number of anilines is 1.